The smallest absolute Gasteiger partial charge is 0.255 e. The van der Waals surface area contributed by atoms with E-state index in [4.69, 9.17) is 5.73 Å². The second-order valence-corrected chi connectivity index (χ2v) is 7.62. The summed E-state index contributed by atoms with van der Waals surface area (Å²) in [6.07, 6.45) is 1.64. The number of nitrogens with zero attached hydrogens (tertiary/aromatic N) is 2. The van der Waals surface area contributed by atoms with E-state index in [1.54, 1.807) is 4.90 Å². The number of benzene rings is 1. The Balaban J connectivity index is 1.56. The first-order chi connectivity index (χ1) is 12.4. The molecule has 2 saturated heterocycles. The molecule has 0 aromatic heterocycles. The average molecular weight is 356 g/mol. The molecule has 0 radical (unpaired) electrons. The highest BCUT2D eigenvalue weighted by molar-refractivity contribution is 6.05. The van der Waals surface area contributed by atoms with Crippen LogP contribution in [0.2, 0.25) is 0 Å². The molecule has 4 rings (SSSR count). The second-order valence-electron chi connectivity index (χ2n) is 7.62. The molecule has 3 heterocycles. The first-order valence-electron chi connectivity index (χ1n) is 9.19. The fourth-order valence-electron chi connectivity index (χ4n) is 4.38. The molecule has 0 aliphatic carbocycles. The van der Waals surface area contributed by atoms with Crippen LogP contribution in [-0.2, 0) is 22.7 Å². The van der Waals surface area contributed by atoms with Crippen molar-refractivity contribution in [2.75, 3.05) is 6.54 Å². The highest BCUT2D eigenvalue weighted by atomic mass is 16.2. The van der Waals surface area contributed by atoms with E-state index in [9.17, 15) is 14.4 Å². The highest BCUT2D eigenvalue weighted by Crippen LogP contribution is 2.31. The Morgan fingerprint density at radius 2 is 2.08 bits per heavy atom. The summed E-state index contributed by atoms with van der Waals surface area (Å²) in [5.41, 5.74) is 8.86. The lowest BCUT2D eigenvalue weighted by molar-refractivity contribution is -0.136. The fraction of sp³-hybridized carbons (Fsp3) is 0.526. The van der Waals surface area contributed by atoms with Crippen molar-refractivity contribution in [3.05, 3.63) is 34.9 Å². The molecule has 3 aliphatic heterocycles. The molecule has 1 aromatic carbocycles. The van der Waals surface area contributed by atoms with Gasteiger partial charge in [-0.3, -0.25) is 24.6 Å². The molecule has 7 heteroatoms. The molecule has 2 fully saturated rings. The van der Waals surface area contributed by atoms with Crippen LogP contribution in [0.4, 0.5) is 0 Å². The molecule has 3 N–H and O–H groups in total. The van der Waals surface area contributed by atoms with Gasteiger partial charge in [0.2, 0.25) is 11.8 Å². The Morgan fingerprint density at radius 3 is 2.77 bits per heavy atom. The van der Waals surface area contributed by atoms with Crippen molar-refractivity contribution in [3.63, 3.8) is 0 Å². The minimum Gasteiger partial charge on any atom is -0.326 e. The maximum absolute atomic E-state index is 12.9. The summed E-state index contributed by atoms with van der Waals surface area (Å²) in [6, 6.07) is 5.83. The molecule has 138 valence electrons. The van der Waals surface area contributed by atoms with Crippen molar-refractivity contribution in [2.24, 2.45) is 5.73 Å². The molecule has 3 amide bonds. The van der Waals surface area contributed by atoms with E-state index in [-0.39, 0.29) is 30.2 Å². The van der Waals surface area contributed by atoms with Gasteiger partial charge in [0, 0.05) is 43.7 Å². The van der Waals surface area contributed by atoms with E-state index in [1.807, 2.05) is 12.1 Å². The molecule has 26 heavy (non-hydrogen) atoms. The number of imide groups is 1. The van der Waals surface area contributed by atoms with Crippen LogP contribution in [0, 0.1) is 0 Å². The van der Waals surface area contributed by atoms with Gasteiger partial charge in [-0.05, 0) is 37.0 Å². The number of nitrogens with two attached hydrogens (primary N) is 1. The van der Waals surface area contributed by atoms with Crippen LogP contribution in [0.5, 0.6) is 0 Å². The molecule has 3 aliphatic rings. The van der Waals surface area contributed by atoms with Crippen LogP contribution >= 0.6 is 0 Å². The fourth-order valence-corrected chi connectivity index (χ4v) is 4.38. The summed E-state index contributed by atoms with van der Waals surface area (Å²) < 4.78 is 0. The van der Waals surface area contributed by atoms with Gasteiger partial charge in [0.25, 0.3) is 5.91 Å². The Kier molecular flexibility index (Phi) is 4.28. The van der Waals surface area contributed by atoms with E-state index in [0.29, 0.717) is 24.6 Å². The summed E-state index contributed by atoms with van der Waals surface area (Å²) in [4.78, 5) is 40.4. The van der Waals surface area contributed by atoms with Crippen LogP contribution in [0.25, 0.3) is 0 Å². The number of likely N-dealkylation sites (tertiary alicyclic amines) is 1. The topological polar surface area (TPSA) is 95.7 Å². The zero-order chi connectivity index (χ0) is 18.4. The summed E-state index contributed by atoms with van der Waals surface area (Å²) in [5.74, 6) is -0.763. The number of amides is 3. The molecule has 0 saturated carbocycles. The van der Waals surface area contributed by atoms with E-state index in [1.165, 1.54) is 0 Å². The third-order valence-corrected chi connectivity index (χ3v) is 5.79. The molecular formula is C19H24N4O3. The number of rotatable bonds is 3. The Labute approximate surface area is 152 Å². The molecule has 0 bridgehead atoms. The quantitative estimate of drug-likeness (QED) is 0.763. The minimum atomic E-state index is -0.570. The maximum atomic E-state index is 12.9. The van der Waals surface area contributed by atoms with Crippen LogP contribution in [0.3, 0.4) is 0 Å². The number of piperidine rings is 1. The molecule has 0 spiro atoms. The lowest BCUT2D eigenvalue weighted by Crippen LogP contribution is -2.52. The third kappa shape index (κ3) is 2.91. The van der Waals surface area contributed by atoms with Gasteiger partial charge in [0.15, 0.2) is 0 Å². The van der Waals surface area contributed by atoms with Gasteiger partial charge in [-0.2, -0.15) is 0 Å². The summed E-state index contributed by atoms with van der Waals surface area (Å²) in [6.45, 7) is 4.21. The van der Waals surface area contributed by atoms with Crippen molar-refractivity contribution >= 4 is 17.7 Å². The predicted octanol–water partition coefficient (Wildman–Crippen LogP) is 0.369. The van der Waals surface area contributed by atoms with Crippen LogP contribution in [0.1, 0.15) is 47.7 Å². The SMILES string of the molecule is CC1CC(N)CN1Cc1cccc2c1CN(C1CCC(=O)NC1=O)C2=O. The Hall–Kier alpha value is -2.25. The number of carbonyl (C=O) groups excluding carboxylic acids is 3. The number of hydrogen-bond donors (Lipinski definition) is 2. The van der Waals surface area contributed by atoms with Gasteiger partial charge in [-0.1, -0.05) is 12.1 Å². The van der Waals surface area contributed by atoms with E-state index >= 15 is 0 Å². The lowest BCUT2D eigenvalue weighted by atomic mass is 10.0. The van der Waals surface area contributed by atoms with Gasteiger partial charge in [-0.15, -0.1) is 0 Å². The standard InChI is InChI=1S/C19H24N4O3/c1-11-7-13(20)9-22(11)8-12-3-2-4-14-15(12)10-23(19(14)26)16-5-6-17(24)21-18(16)25/h2-4,11,13,16H,5-10,20H2,1H3,(H,21,24,25). The van der Waals surface area contributed by atoms with Crippen molar-refractivity contribution in [1.29, 1.82) is 0 Å². The van der Waals surface area contributed by atoms with Gasteiger partial charge >= 0.3 is 0 Å². The Bertz CT molecular complexity index is 778. The first-order valence-corrected chi connectivity index (χ1v) is 9.19. The van der Waals surface area contributed by atoms with Crippen LogP contribution in [-0.4, -0.2) is 52.2 Å². The predicted molar refractivity (Wildman–Crippen MR) is 95.0 cm³/mol. The molecular weight excluding hydrogens is 332 g/mol. The van der Waals surface area contributed by atoms with E-state index in [2.05, 4.69) is 23.2 Å². The largest absolute Gasteiger partial charge is 0.326 e. The van der Waals surface area contributed by atoms with Gasteiger partial charge in [-0.25, -0.2) is 0 Å². The van der Waals surface area contributed by atoms with E-state index in [0.717, 1.165) is 30.6 Å². The number of hydrogen-bond acceptors (Lipinski definition) is 5. The van der Waals surface area contributed by atoms with Crippen LogP contribution in [0.15, 0.2) is 18.2 Å². The minimum absolute atomic E-state index is 0.123. The Morgan fingerprint density at radius 1 is 1.27 bits per heavy atom. The molecule has 1 aromatic rings. The summed E-state index contributed by atoms with van der Waals surface area (Å²) >= 11 is 0. The van der Waals surface area contributed by atoms with Gasteiger partial charge in [0.1, 0.15) is 6.04 Å². The summed E-state index contributed by atoms with van der Waals surface area (Å²) in [5, 5.41) is 2.34. The van der Waals surface area contributed by atoms with Crippen molar-refractivity contribution < 1.29 is 14.4 Å². The van der Waals surface area contributed by atoms with Crippen LogP contribution < -0.4 is 11.1 Å². The maximum Gasteiger partial charge on any atom is 0.255 e. The molecule has 3 unspecified atom stereocenters. The average Bonchev–Trinajstić information content (AvgIpc) is 3.08. The molecule has 3 atom stereocenters. The zero-order valence-corrected chi connectivity index (χ0v) is 14.9. The van der Waals surface area contributed by atoms with E-state index < -0.39 is 6.04 Å². The van der Waals surface area contributed by atoms with Gasteiger partial charge in [0.05, 0.1) is 0 Å². The second kappa shape index (κ2) is 6.48. The first kappa shape index (κ1) is 17.2. The monoisotopic (exact) mass is 356 g/mol. The highest BCUT2D eigenvalue weighted by Gasteiger charge is 2.40. The molecule has 7 nitrogen and oxygen atoms in total. The van der Waals surface area contributed by atoms with Crippen molar-refractivity contribution in [1.82, 2.24) is 15.1 Å². The van der Waals surface area contributed by atoms with Crippen molar-refractivity contribution in [2.45, 2.75) is 57.4 Å². The lowest BCUT2D eigenvalue weighted by Gasteiger charge is -2.29. The van der Waals surface area contributed by atoms with Crippen molar-refractivity contribution in [3.8, 4) is 0 Å². The normalized spacial score (nSPS) is 29.2. The third-order valence-electron chi connectivity index (χ3n) is 5.79. The zero-order valence-electron chi connectivity index (χ0n) is 14.9. The number of fused-ring (bicyclic) bond motifs is 1. The summed E-state index contributed by atoms with van der Waals surface area (Å²) in [7, 11) is 0. The number of carbonyl (C=O) groups is 3. The number of nitrogens with one attached hydrogen (secondary N) is 1. The van der Waals surface area contributed by atoms with Gasteiger partial charge < -0.3 is 10.6 Å².